The van der Waals surface area contributed by atoms with Gasteiger partial charge in [0.05, 0.1) is 16.2 Å². The quantitative estimate of drug-likeness (QED) is 0.661. The summed E-state index contributed by atoms with van der Waals surface area (Å²) in [4.78, 5) is 38.9. The van der Waals surface area contributed by atoms with Crippen LogP contribution in [-0.4, -0.2) is 74.7 Å². The van der Waals surface area contributed by atoms with Gasteiger partial charge in [-0.15, -0.1) is 0 Å². The maximum absolute atomic E-state index is 13.0. The van der Waals surface area contributed by atoms with Crippen molar-refractivity contribution in [2.75, 3.05) is 32.1 Å². The van der Waals surface area contributed by atoms with Crippen LogP contribution in [0.3, 0.4) is 0 Å². The van der Waals surface area contributed by atoms with Crippen molar-refractivity contribution in [1.29, 1.82) is 0 Å². The van der Waals surface area contributed by atoms with E-state index >= 15 is 0 Å². The Balaban J connectivity index is 1.75. The lowest BCUT2D eigenvalue weighted by Gasteiger charge is -2.39. The van der Waals surface area contributed by atoms with Crippen molar-refractivity contribution in [2.45, 2.75) is 42.7 Å². The fraction of sp³-hybridized carbons (Fsp3) is 0.550. The molecule has 9 nitrogen and oxygen atoms in total. The number of amides is 3. The van der Waals surface area contributed by atoms with E-state index < -0.39 is 21.4 Å². The summed E-state index contributed by atoms with van der Waals surface area (Å²) in [5, 5.41) is 5.57. The van der Waals surface area contributed by atoms with Gasteiger partial charge in [0.1, 0.15) is 6.04 Å². The number of benzene rings is 1. The molecule has 0 radical (unpaired) electrons. The van der Waals surface area contributed by atoms with E-state index in [0.29, 0.717) is 26.1 Å². The van der Waals surface area contributed by atoms with Gasteiger partial charge in [0, 0.05) is 39.6 Å². The summed E-state index contributed by atoms with van der Waals surface area (Å²) in [6.45, 7) is 2.46. The SMILES string of the molecule is CC(=O)NC1CN(C(=O)CCS(=O)(=O)c2ccccc2)CC2(CCOCC2)NC1=O. The minimum Gasteiger partial charge on any atom is -0.381 e. The molecule has 30 heavy (non-hydrogen) atoms. The number of carbonyl (C=O) groups is 3. The zero-order chi connectivity index (χ0) is 21.8. The predicted octanol–water partition coefficient (Wildman–Crippen LogP) is -0.137. The van der Waals surface area contributed by atoms with Crippen molar-refractivity contribution >= 4 is 27.6 Å². The van der Waals surface area contributed by atoms with Gasteiger partial charge in [0.15, 0.2) is 9.84 Å². The van der Waals surface area contributed by atoms with Crippen molar-refractivity contribution < 1.29 is 27.5 Å². The number of carbonyl (C=O) groups excluding carboxylic acids is 3. The first-order chi connectivity index (χ1) is 14.2. The number of nitrogens with one attached hydrogen (secondary N) is 2. The van der Waals surface area contributed by atoms with Crippen molar-refractivity contribution in [1.82, 2.24) is 15.5 Å². The highest BCUT2D eigenvalue weighted by atomic mass is 32.2. The van der Waals surface area contributed by atoms with Gasteiger partial charge >= 0.3 is 0 Å². The second-order valence-electron chi connectivity index (χ2n) is 7.79. The molecule has 164 valence electrons. The molecule has 2 fully saturated rings. The molecular weight excluding hydrogens is 410 g/mol. The molecule has 2 heterocycles. The lowest BCUT2D eigenvalue weighted by Crippen LogP contribution is -2.57. The molecule has 1 atom stereocenters. The van der Waals surface area contributed by atoms with Crippen LogP contribution in [-0.2, 0) is 29.0 Å². The lowest BCUT2D eigenvalue weighted by molar-refractivity contribution is -0.133. The maximum atomic E-state index is 13.0. The molecule has 1 aromatic carbocycles. The molecule has 0 saturated carbocycles. The van der Waals surface area contributed by atoms with Crippen molar-refractivity contribution in [3.8, 4) is 0 Å². The minimum atomic E-state index is -3.60. The van der Waals surface area contributed by atoms with Crippen LogP contribution in [0, 0.1) is 0 Å². The molecule has 0 bridgehead atoms. The molecule has 2 aliphatic rings. The van der Waals surface area contributed by atoms with Crippen molar-refractivity contribution in [3.05, 3.63) is 30.3 Å². The van der Waals surface area contributed by atoms with Gasteiger partial charge in [-0.1, -0.05) is 18.2 Å². The smallest absolute Gasteiger partial charge is 0.244 e. The van der Waals surface area contributed by atoms with Crippen LogP contribution in [0.2, 0.25) is 0 Å². The largest absolute Gasteiger partial charge is 0.381 e. The molecule has 1 spiro atoms. The Morgan fingerprint density at radius 3 is 2.53 bits per heavy atom. The molecule has 2 N–H and O–H groups in total. The van der Waals surface area contributed by atoms with E-state index in [4.69, 9.17) is 4.74 Å². The van der Waals surface area contributed by atoms with Crippen LogP contribution in [0.5, 0.6) is 0 Å². The molecule has 3 amide bonds. The van der Waals surface area contributed by atoms with E-state index in [1.165, 1.54) is 24.0 Å². The van der Waals surface area contributed by atoms with Crippen LogP contribution in [0.15, 0.2) is 35.2 Å². The second-order valence-corrected chi connectivity index (χ2v) is 9.90. The summed E-state index contributed by atoms with van der Waals surface area (Å²) in [5.41, 5.74) is -0.642. The number of nitrogens with zero attached hydrogens (tertiary/aromatic N) is 1. The Kier molecular flexibility index (Phi) is 6.77. The topological polar surface area (TPSA) is 122 Å². The van der Waals surface area contributed by atoms with E-state index in [0.717, 1.165) is 0 Å². The summed E-state index contributed by atoms with van der Waals surface area (Å²) in [6.07, 6.45) is 0.875. The minimum absolute atomic E-state index is 0.00175. The second kappa shape index (κ2) is 9.13. The first kappa shape index (κ1) is 22.2. The number of ether oxygens (including phenoxy) is 1. The van der Waals surface area contributed by atoms with Gasteiger partial charge < -0.3 is 20.3 Å². The third-order valence-corrected chi connectivity index (χ3v) is 7.20. The molecule has 0 aromatic heterocycles. The number of sulfone groups is 1. The molecule has 1 aromatic rings. The van der Waals surface area contributed by atoms with Gasteiger partial charge in [0.2, 0.25) is 17.7 Å². The first-order valence-electron chi connectivity index (χ1n) is 9.93. The highest BCUT2D eigenvalue weighted by Crippen LogP contribution is 2.25. The normalized spacial score (nSPS) is 21.6. The van der Waals surface area contributed by atoms with Gasteiger partial charge in [-0.25, -0.2) is 8.42 Å². The van der Waals surface area contributed by atoms with Gasteiger partial charge in [-0.2, -0.15) is 0 Å². The van der Waals surface area contributed by atoms with Crippen molar-refractivity contribution in [2.24, 2.45) is 0 Å². The van der Waals surface area contributed by atoms with E-state index in [9.17, 15) is 22.8 Å². The van der Waals surface area contributed by atoms with Crippen LogP contribution < -0.4 is 10.6 Å². The summed E-state index contributed by atoms with van der Waals surface area (Å²) >= 11 is 0. The Morgan fingerprint density at radius 2 is 1.90 bits per heavy atom. The summed E-state index contributed by atoms with van der Waals surface area (Å²) < 4.78 is 30.5. The predicted molar refractivity (Wildman–Crippen MR) is 108 cm³/mol. The highest BCUT2D eigenvalue weighted by molar-refractivity contribution is 7.91. The van der Waals surface area contributed by atoms with Crippen LogP contribution in [0.1, 0.15) is 26.2 Å². The fourth-order valence-electron chi connectivity index (χ4n) is 3.84. The molecule has 1 unspecified atom stereocenters. The molecule has 2 saturated heterocycles. The number of hydrogen-bond acceptors (Lipinski definition) is 6. The van der Waals surface area contributed by atoms with Crippen LogP contribution >= 0.6 is 0 Å². The number of hydrogen-bond donors (Lipinski definition) is 2. The summed E-state index contributed by atoms with van der Waals surface area (Å²) in [7, 11) is -3.60. The Morgan fingerprint density at radius 1 is 1.23 bits per heavy atom. The molecule has 2 aliphatic heterocycles. The van der Waals surface area contributed by atoms with E-state index in [1.54, 1.807) is 18.2 Å². The third-order valence-electron chi connectivity index (χ3n) is 5.47. The van der Waals surface area contributed by atoms with Gasteiger partial charge in [-0.05, 0) is 25.0 Å². The number of rotatable bonds is 5. The molecule has 0 aliphatic carbocycles. The Labute approximate surface area is 176 Å². The Bertz CT molecular complexity index is 896. The van der Waals surface area contributed by atoms with Gasteiger partial charge in [0.25, 0.3) is 0 Å². The molecule has 3 rings (SSSR count). The maximum Gasteiger partial charge on any atom is 0.244 e. The van der Waals surface area contributed by atoms with Crippen LogP contribution in [0.25, 0.3) is 0 Å². The Hall–Kier alpha value is -2.46. The third kappa shape index (κ3) is 5.37. The molecule has 10 heteroatoms. The zero-order valence-corrected chi connectivity index (χ0v) is 17.7. The van der Waals surface area contributed by atoms with E-state index in [1.807, 2.05) is 0 Å². The molecular formula is C20H27N3O6S. The standard InChI is InChI=1S/C20H27N3O6S/c1-15(24)21-17-13-23(14-20(22-19(17)26)8-10-29-11-9-20)18(25)7-12-30(27,28)16-5-3-2-4-6-16/h2-6,17H,7-14H2,1H3,(H,21,24)(H,22,26). The highest BCUT2D eigenvalue weighted by Gasteiger charge is 2.42. The van der Waals surface area contributed by atoms with Crippen molar-refractivity contribution in [3.63, 3.8) is 0 Å². The summed E-state index contributed by atoms with van der Waals surface area (Å²) in [5.74, 6) is -1.42. The van der Waals surface area contributed by atoms with Crippen LogP contribution in [0.4, 0.5) is 0 Å². The van der Waals surface area contributed by atoms with E-state index in [-0.39, 0.29) is 47.9 Å². The average molecular weight is 438 g/mol. The monoisotopic (exact) mass is 437 g/mol. The average Bonchev–Trinajstić information content (AvgIpc) is 2.84. The lowest BCUT2D eigenvalue weighted by atomic mass is 9.89. The fourth-order valence-corrected chi connectivity index (χ4v) is 5.09. The summed E-state index contributed by atoms with van der Waals surface area (Å²) in [6, 6.07) is 7.10. The first-order valence-corrected chi connectivity index (χ1v) is 11.6. The zero-order valence-electron chi connectivity index (χ0n) is 16.9. The van der Waals surface area contributed by atoms with E-state index in [2.05, 4.69) is 10.6 Å². The van der Waals surface area contributed by atoms with Gasteiger partial charge in [-0.3, -0.25) is 14.4 Å².